The molecule has 1 aliphatic carbocycles. The molecule has 94 valence electrons. The van der Waals surface area contributed by atoms with Crippen molar-refractivity contribution in [3.05, 3.63) is 36.1 Å². The van der Waals surface area contributed by atoms with Gasteiger partial charge in [0.25, 0.3) is 0 Å². The fourth-order valence-electron chi connectivity index (χ4n) is 1.45. The van der Waals surface area contributed by atoms with Crippen LogP contribution >= 0.6 is 22.6 Å². The van der Waals surface area contributed by atoms with E-state index >= 15 is 0 Å². The lowest BCUT2D eigenvalue weighted by molar-refractivity contribution is -0.127. The number of allylic oxidation sites excluding steroid dienone is 5. The van der Waals surface area contributed by atoms with Gasteiger partial charge in [-0.15, -0.1) is 0 Å². The quantitative estimate of drug-likeness (QED) is 0.275. The average Bonchev–Trinajstić information content (AvgIpc) is 2.39. The van der Waals surface area contributed by atoms with Gasteiger partial charge in [-0.25, -0.2) is 10.9 Å². The van der Waals surface area contributed by atoms with Gasteiger partial charge >= 0.3 is 0 Å². The van der Waals surface area contributed by atoms with Crippen molar-refractivity contribution in [1.29, 1.82) is 0 Å². The number of nitrogens with zero attached hydrogens (tertiary/aromatic N) is 1. The average molecular weight is 346 g/mol. The predicted molar refractivity (Wildman–Crippen MR) is 79.3 cm³/mol. The summed E-state index contributed by atoms with van der Waals surface area (Å²) in [7, 11) is 0. The van der Waals surface area contributed by atoms with Crippen LogP contribution in [0.5, 0.6) is 0 Å². The van der Waals surface area contributed by atoms with Gasteiger partial charge < -0.3 is 0 Å². The van der Waals surface area contributed by atoms with E-state index in [0.29, 0.717) is 5.70 Å². The van der Waals surface area contributed by atoms with Gasteiger partial charge in [0, 0.05) is 15.8 Å². The first-order valence-electron chi connectivity index (χ1n) is 5.50. The minimum atomic E-state index is -0.174. The summed E-state index contributed by atoms with van der Waals surface area (Å²) in [6, 6.07) is 0. The lowest BCUT2D eigenvalue weighted by atomic mass is 9.79. The Bertz CT molecular complexity index is 404. The van der Waals surface area contributed by atoms with Crippen molar-refractivity contribution in [1.82, 2.24) is 5.01 Å². The summed E-state index contributed by atoms with van der Waals surface area (Å²) in [4.78, 5) is 11.2. The first-order valence-corrected chi connectivity index (χ1v) is 6.58. The molecule has 0 aromatic carbocycles. The van der Waals surface area contributed by atoms with Crippen LogP contribution in [0.15, 0.2) is 36.1 Å². The molecule has 1 aliphatic rings. The second-order valence-corrected chi connectivity index (χ2v) is 7.63. The van der Waals surface area contributed by atoms with Crippen molar-refractivity contribution in [3.8, 4) is 0 Å². The molecule has 0 saturated carbocycles. The van der Waals surface area contributed by atoms with E-state index in [1.165, 1.54) is 6.92 Å². The Kier molecular flexibility index (Phi) is 4.19. The Morgan fingerprint density at radius 3 is 2.53 bits per heavy atom. The molecule has 1 rings (SSSR count). The Hall–Kier alpha value is -0.620. The van der Waals surface area contributed by atoms with Crippen molar-refractivity contribution >= 4 is 28.5 Å². The Balaban J connectivity index is 3.03. The van der Waals surface area contributed by atoms with Crippen molar-refractivity contribution in [2.45, 2.75) is 31.1 Å². The van der Waals surface area contributed by atoms with Gasteiger partial charge in [-0.1, -0.05) is 47.7 Å². The zero-order chi connectivity index (χ0) is 13.3. The van der Waals surface area contributed by atoms with Gasteiger partial charge in [-0.3, -0.25) is 4.79 Å². The molecule has 3 nitrogen and oxygen atoms in total. The molecule has 1 amide bonds. The number of alkyl halides is 1. The number of hydrazine groups is 1. The number of hydrogen-bond acceptors (Lipinski definition) is 2. The number of carbonyl (C=O) groups excluding carboxylic acids is 1. The summed E-state index contributed by atoms with van der Waals surface area (Å²) >= 11 is 2.43. The van der Waals surface area contributed by atoms with Crippen LogP contribution in [0.2, 0.25) is 0 Å². The lowest BCUT2D eigenvalue weighted by Gasteiger charge is -2.35. The molecule has 0 aromatic rings. The van der Waals surface area contributed by atoms with E-state index < -0.39 is 0 Å². The Morgan fingerprint density at radius 1 is 1.47 bits per heavy atom. The molecule has 1 atom stereocenters. The summed E-state index contributed by atoms with van der Waals surface area (Å²) in [6.07, 6.45) is 9.94. The first kappa shape index (κ1) is 14.4. The molecule has 0 fully saturated rings. The van der Waals surface area contributed by atoms with E-state index in [1.807, 2.05) is 18.2 Å². The zero-order valence-corrected chi connectivity index (χ0v) is 12.9. The van der Waals surface area contributed by atoms with Crippen LogP contribution in [0.4, 0.5) is 0 Å². The number of nitrogens with two attached hydrogens (primary N) is 1. The molecule has 1 unspecified atom stereocenters. The highest BCUT2D eigenvalue weighted by Gasteiger charge is 2.34. The maximum absolute atomic E-state index is 11.2. The third-order valence-electron chi connectivity index (χ3n) is 3.21. The predicted octanol–water partition coefficient (Wildman–Crippen LogP) is 2.94. The van der Waals surface area contributed by atoms with Crippen molar-refractivity contribution < 1.29 is 4.79 Å². The summed E-state index contributed by atoms with van der Waals surface area (Å²) in [6.45, 7) is 7.97. The fourth-order valence-corrected chi connectivity index (χ4v) is 1.81. The molecule has 17 heavy (non-hydrogen) atoms. The molecule has 0 aromatic heterocycles. The molecular formula is C13H19IN2O. The highest BCUT2D eigenvalue weighted by Crippen LogP contribution is 2.42. The van der Waals surface area contributed by atoms with Gasteiger partial charge in [0.15, 0.2) is 0 Å². The largest absolute Gasteiger partial charge is 0.273 e. The highest BCUT2D eigenvalue weighted by molar-refractivity contribution is 14.1. The molecule has 0 heterocycles. The number of amides is 1. The summed E-state index contributed by atoms with van der Waals surface area (Å²) < 4.78 is 0.0801. The van der Waals surface area contributed by atoms with Gasteiger partial charge in [-0.2, -0.15) is 0 Å². The molecule has 0 aliphatic heterocycles. The van der Waals surface area contributed by atoms with Crippen LogP contribution < -0.4 is 5.84 Å². The van der Waals surface area contributed by atoms with Gasteiger partial charge in [-0.05, 0) is 26.0 Å². The molecule has 0 saturated heterocycles. The van der Waals surface area contributed by atoms with E-state index in [0.717, 1.165) is 5.01 Å². The maximum Gasteiger partial charge on any atom is 0.238 e. The van der Waals surface area contributed by atoms with Crippen molar-refractivity contribution in [3.63, 3.8) is 0 Å². The smallest absolute Gasteiger partial charge is 0.238 e. The van der Waals surface area contributed by atoms with Crippen LogP contribution in [0.3, 0.4) is 0 Å². The lowest BCUT2D eigenvalue weighted by Crippen LogP contribution is -2.34. The standard InChI is InChI=1S/C13H19IN2O/c1-10(17)16(15)11-6-5-8-13(4,9-7-11)12(2,3)14/h5-9H,15H2,1-4H3. The van der Waals surface area contributed by atoms with E-state index in [4.69, 9.17) is 5.84 Å². The molecule has 2 N–H and O–H groups in total. The SMILES string of the molecule is CC(=O)N(N)C1=CC=CC(C)(C(C)(C)I)C=C1. The molecule has 0 radical (unpaired) electrons. The van der Waals surface area contributed by atoms with Gasteiger partial charge in [0.05, 0.1) is 5.70 Å². The zero-order valence-electron chi connectivity index (χ0n) is 10.7. The summed E-state index contributed by atoms with van der Waals surface area (Å²) in [5, 5.41) is 1.16. The van der Waals surface area contributed by atoms with Crippen LogP contribution in [-0.2, 0) is 4.79 Å². The number of halogens is 1. The summed E-state index contributed by atoms with van der Waals surface area (Å²) in [5.41, 5.74) is 0.641. The number of hydrogen-bond donors (Lipinski definition) is 1. The second kappa shape index (κ2) is 4.94. The van der Waals surface area contributed by atoms with Crippen LogP contribution in [0.1, 0.15) is 27.7 Å². The molecule has 4 heteroatoms. The third kappa shape index (κ3) is 3.19. The minimum absolute atomic E-state index is 0.0660. The van der Waals surface area contributed by atoms with Crippen LogP contribution in [0.25, 0.3) is 0 Å². The van der Waals surface area contributed by atoms with E-state index in [-0.39, 0.29) is 14.7 Å². The van der Waals surface area contributed by atoms with Crippen LogP contribution in [0, 0.1) is 5.41 Å². The summed E-state index contributed by atoms with van der Waals surface area (Å²) in [5.74, 6) is 5.51. The normalized spacial score (nSPS) is 24.2. The van der Waals surface area contributed by atoms with E-state index in [2.05, 4.69) is 55.5 Å². The fraction of sp³-hybridized carbons (Fsp3) is 0.462. The van der Waals surface area contributed by atoms with Gasteiger partial charge in [0.1, 0.15) is 0 Å². The molecule has 0 spiro atoms. The Morgan fingerprint density at radius 2 is 2.06 bits per heavy atom. The highest BCUT2D eigenvalue weighted by atomic mass is 127. The van der Waals surface area contributed by atoms with E-state index in [9.17, 15) is 4.79 Å². The topological polar surface area (TPSA) is 46.3 Å². The first-order chi connectivity index (χ1) is 7.67. The third-order valence-corrected chi connectivity index (χ3v) is 4.37. The van der Waals surface area contributed by atoms with Crippen LogP contribution in [-0.4, -0.2) is 14.3 Å². The van der Waals surface area contributed by atoms with Crippen molar-refractivity contribution in [2.75, 3.05) is 0 Å². The molecule has 0 bridgehead atoms. The van der Waals surface area contributed by atoms with Crippen molar-refractivity contribution in [2.24, 2.45) is 11.3 Å². The maximum atomic E-state index is 11.2. The number of rotatable bonds is 2. The monoisotopic (exact) mass is 346 g/mol. The van der Waals surface area contributed by atoms with Gasteiger partial charge in [0.2, 0.25) is 5.91 Å². The Labute approximate surface area is 117 Å². The van der Waals surface area contributed by atoms with E-state index in [1.54, 1.807) is 0 Å². The molecular weight excluding hydrogens is 327 g/mol. The number of carbonyl (C=O) groups is 1. The second-order valence-electron chi connectivity index (χ2n) is 4.93. The minimum Gasteiger partial charge on any atom is -0.273 e.